The van der Waals surface area contributed by atoms with E-state index in [0.717, 1.165) is 0 Å². The van der Waals surface area contributed by atoms with E-state index in [1.165, 1.54) is 31.5 Å². The topological polar surface area (TPSA) is 106 Å². The Morgan fingerprint density at radius 1 is 1.29 bits per heavy atom. The fourth-order valence-corrected chi connectivity index (χ4v) is 2.87. The van der Waals surface area contributed by atoms with Gasteiger partial charge >= 0.3 is 0 Å². The number of nitrogens with one attached hydrogen (secondary N) is 2. The molecule has 0 fully saturated rings. The van der Waals surface area contributed by atoms with Gasteiger partial charge in [0.15, 0.2) is 0 Å². The van der Waals surface area contributed by atoms with Crippen LogP contribution in [0.25, 0.3) is 0 Å². The number of hydrogen-bond acceptors (Lipinski definition) is 6. The molecular formula is C12H13ClN4O3S. The SMILES string of the molecule is COc1ccc(Cl)cc1NS(=O)(=O)c1ccnc(NN)c1. The van der Waals surface area contributed by atoms with Gasteiger partial charge in [0.1, 0.15) is 11.6 Å². The molecule has 0 unspecified atom stereocenters. The van der Waals surface area contributed by atoms with Crippen LogP contribution in [0, 0.1) is 0 Å². The fraction of sp³-hybridized carbons (Fsp3) is 0.0833. The smallest absolute Gasteiger partial charge is 0.262 e. The summed E-state index contributed by atoms with van der Waals surface area (Å²) < 4.78 is 32.2. The van der Waals surface area contributed by atoms with Gasteiger partial charge in [-0.3, -0.25) is 4.72 Å². The molecule has 0 radical (unpaired) electrons. The van der Waals surface area contributed by atoms with E-state index < -0.39 is 10.0 Å². The van der Waals surface area contributed by atoms with Gasteiger partial charge in [-0.15, -0.1) is 0 Å². The average molecular weight is 329 g/mol. The molecule has 9 heteroatoms. The van der Waals surface area contributed by atoms with Crippen molar-refractivity contribution >= 4 is 33.1 Å². The number of sulfonamides is 1. The first kappa shape index (κ1) is 15.4. The van der Waals surface area contributed by atoms with Crippen molar-refractivity contribution in [1.82, 2.24) is 4.98 Å². The number of rotatable bonds is 5. The van der Waals surface area contributed by atoms with Crippen LogP contribution in [0.2, 0.25) is 5.02 Å². The Hall–Kier alpha value is -2.03. The highest BCUT2D eigenvalue weighted by atomic mass is 35.5. The van der Waals surface area contributed by atoms with E-state index in [1.54, 1.807) is 12.1 Å². The predicted octanol–water partition coefficient (Wildman–Crippen LogP) is 1.83. The molecule has 2 rings (SSSR count). The van der Waals surface area contributed by atoms with Gasteiger partial charge in [-0.1, -0.05) is 11.6 Å². The molecule has 0 aliphatic rings. The number of hydrazine groups is 1. The normalized spacial score (nSPS) is 11.0. The summed E-state index contributed by atoms with van der Waals surface area (Å²) in [5.41, 5.74) is 2.53. The molecule has 1 aromatic heterocycles. The molecule has 7 nitrogen and oxygen atoms in total. The third-order valence-electron chi connectivity index (χ3n) is 2.60. The molecule has 21 heavy (non-hydrogen) atoms. The van der Waals surface area contributed by atoms with Crippen LogP contribution < -0.4 is 20.7 Å². The zero-order chi connectivity index (χ0) is 15.5. The molecule has 0 atom stereocenters. The van der Waals surface area contributed by atoms with Crippen molar-refractivity contribution in [2.45, 2.75) is 4.90 Å². The Balaban J connectivity index is 2.39. The monoisotopic (exact) mass is 328 g/mol. The first-order chi connectivity index (χ1) is 9.96. The van der Waals surface area contributed by atoms with E-state index >= 15 is 0 Å². The van der Waals surface area contributed by atoms with Gasteiger partial charge in [0.05, 0.1) is 17.7 Å². The third-order valence-corrected chi connectivity index (χ3v) is 4.19. The lowest BCUT2D eigenvalue weighted by Crippen LogP contribution is -2.15. The van der Waals surface area contributed by atoms with Crippen molar-refractivity contribution in [3.05, 3.63) is 41.6 Å². The summed E-state index contributed by atoms with van der Waals surface area (Å²) in [6.45, 7) is 0. The van der Waals surface area contributed by atoms with Gasteiger partial charge in [-0.05, 0) is 24.3 Å². The van der Waals surface area contributed by atoms with Crippen LogP contribution in [-0.2, 0) is 10.0 Å². The summed E-state index contributed by atoms with van der Waals surface area (Å²) in [6.07, 6.45) is 1.33. The Bertz CT molecular complexity index is 752. The summed E-state index contributed by atoms with van der Waals surface area (Å²) in [5, 5.41) is 0.382. The van der Waals surface area contributed by atoms with Crippen molar-refractivity contribution in [2.24, 2.45) is 5.84 Å². The van der Waals surface area contributed by atoms with Crippen LogP contribution in [0.15, 0.2) is 41.4 Å². The molecule has 112 valence electrons. The van der Waals surface area contributed by atoms with Crippen molar-refractivity contribution in [2.75, 3.05) is 17.3 Å². The minimum absolute atomic E-state index is 0.00692. The second kappa shape index (κ2) is 6.17. The van der Waals surface area contributed by atoms with Gasteiger partial charge in [0, 0.05) is 17.3 Å². The number of ether oxygens (including phenoxy) is 1. The molecule has 0 aliphatic carbocycles. The lowest BCUT2D eigenvalue weighted by atomic mass is 10.3. The number of methoxy groups -OCH3 is 1. The van der Waals surface area contributed by atoms with E-state index in [2.05, 4.69) is 15.1 Å². The average Bonchev–Trinajstić information content (AvgIpc) is 2.47. The summed E-state index contributed by atoms with van der Waals surface area (Å²) in [7, 11) is -2.39. The molecule has 2 aromatic rings. The van der Waals surface area contributed by atoms with E-state index in [4.69, 9.17) is 22.2 Å². The zero-order valence-corrected chi connectivity index (χ0v) is 12.6. The van der Waals surface area contributed by atoms with Crippen LogP contribution in [0.4, 0.5) is 11.5 Å². The van der Waals surface area contributed by atoms with Crippen molar-refractivity contribution in [3.8, 4) is 5.75 Å². The zero-order valence-electron chi connectivity index (χ0n) is 11.0. The molecule has 4 N–H and O–H groups in total. The van der Waals surface area contributed by atoms with Gasteiger partial charge in [-0.25, -0.2) is 19.2 Å². The molecule has 0 spiro atoms. The summed E-state index contributed by atoms with van der Waals surface area (Å²) in [4.78, 5) is 3.86. The maximum Gasteiger partial charge on any atom is 0.262 e. The molecule has 0 saturated carbocycles. The minimum atomic E-state index is -3.82. The van der Waals surface area contributed by atoms with E-state index in [-0.39, 0.29) is 16.4 Å². The van der Waals surface area contributed by atoms with Crippen molar-refractivity contribution in [3.63, 3.8) is 0 Å². The number of aromatic nitrogens is 1. The quantitative estimate of drug-likeness (QED) is 0.571. The maximum absolute atomic E-state index is 12.3. The number of nitrogen functional groups attached to an aromatic ring is 1. The maximum atomic E-state index is 12.3. The summed E-state index contributed by atoms with van der Waals surface area (Å²) in [5.74, 6) is 5.80. The Morgan fingerprint density at radius 2 is 2.05 bits per heavy atom. The third kappa shape index (κ3) is 3.54. The van der Waals surface area contributed by atoms with Gasteiger partial charge in [0.2, 0.25) is 0 Å². The van der Waals surface area contributed by atoms with Crippen LogP contribution in [0.1, 0.15) is 0 Å². The Kier molecular flexibility index (Phi) is 4.51. The second-order valence-corrected chi connectivity index (χ2v) is 6.09. The van der Waals surface area contributed by atoms with Crippen LogP contribution in [-0.4, -0.2) is 20.5 Å². The summed E-state index contributed by atoms with van der Waals surface area (Å²) in [6, 6.07) is 7.28. The first-order valence-corrected chi connectivity index (χ1v) is 7.61. The van der Waals surface area contributed by atoms with Crippen LogP contribution >= 0.6 is 11.6 Å². The molecule has 1 aromatic carbocycles. The molecule has 0 amide bonds. The van der Waals surface area contributed by atoms with E-state index in [9.17, 15) is 8.42 Å². The van der Waals surface area contributed by atoms with Gasteiger partial charge in [0.25, 0.3) is 10.0 Å². The number of hydrogen-bond donors (Lipinski definition) is 3. The number of halogens is 1. The van der Waals surface area contributed by atoms with E-state index in [0.29, 0.717) is 10.8 Å². The molecular weight excluding hydrogens is 316 g/mol. The minimum Gasteiger partial charge on any atom is -0.495 e. The first-order valence-electron chi connectivity index (χ1n) is 5.75. The number of anilines is 2. The second-order valence-electron chi connectivity index (χ2n) is 3.97. The van der Waals surface area contributed by atoms with Gasteiger partial charge in [-0.2, -0.15) is 0 Å². The molecule has 0 aliphatic heterocycles. The highest BCUT2D eigenvalue weighted by Gasteiger charge is 2.17. The number of nitrogens with two attached hydrogens (primary N) is 1. The lowest BCUT2D eigenvalue weighted by molar-refractivity contribution is 0.417. The number of benzene rings is 1. The predicted molar refractivity (Wildman–Crippen MR) is 80.9 cm³/mol. The molecule has 0 saturated heterocycles. The van der Waals surface area contributed by atoms with Crippen LogP contribution in [0.5, 0.6) is 5.75 Å². The van der Waals surface area contributed by atoms with Crippen LogP contribution in [0.3, 0.4) is 0 Å². The fourth-order valence-electron chi connectivity index (χ4n) is 1.62. The highest BCUT2D eigenvalue weighted by molar-refractivity contribution is 7.92. The lowest BCUT2D eigenvalue weighted by Gasteiger charge is -2.12. The Morgan fingerprint density at radius 3 is 2.71 bits per heavy atom. The number of nitrogens with zero attached hydrogens (tertiary/aromatic N) is 1. The van der Waals surface area contributed by atoms with Crippen molar-refractivity contribution < 1.29 is 13.2 Å². The number of pyridine rings is 1. The molecule has 0 bridgehead atoms. The summed E-state index contributed by atoms with van der Waals surface area (Å²) >= 11 is 5.87. The van der Waals surface area contributed by atoms with Crippen molar-refractivity contribution in [1.29, 1.82) is 0 Å². The molecule has 1 heterocycles. The standard InChI is InChI=1S/C12H13ClN4O3S/c1-20-11-3-2-8(13)6-10(11)17-21(18,19)9-4-5-15-12(7-9)16-14/h2-7,17H,14H2,1H3,(H,15,16). The van der Waals surface area contributed by atoms with Gasteiger partial charge < -0.3 is 10.2 Å². The highest BCUT2D eigenvalue weighted by Crippen LogP contribution is 2.29. The Labute approximate surface area is 127 Å². The van der Waals surface area contributed by atoms with E-state index in [1.807, 2.05) is 0 Å². The largest absolute Gasteiger partial charge is 0.495 e.